The molecule has 0 saturated carbocycles. The van der Waals surface area contributed by atoms with Gasteiger partial charge in [-0.15, -0.1) is 0 Å². The molecule has 1 aromatic heterocycles. The number of fused-ring (bicyclic) bond motifs is 1. The molecule has 7 heteroatoms. The first-order valence-electron chi connectivity index (χ1n) is 8.95. The fourth-order valence-corrected chi connectivity index (χ4v) is 4.73. The highest BCUT2D eigenvalue weighted by Crippen LogP contribution is 2.32. The number of aliphatic imine (C=N–C) groups is 1. The molecule has 2 N–H and O–H groups in total. The van der Waals surface area contributed by atoms with E-state index in [1.165, 1.54) is 5.56 Å². The maximum Gasteiger partial charge on any atom is 0.183 e. The van der Waals surface area contributed by atoms with E-state index in [2.05, 4.69) is 57.9 Å². The monoisotopic (exact) mass is 398 g/mol. The second-order valence-corrected chi connectivity index (χ2v) is 8.46. The number of para-hydroxylation sites is 1. The molecule has 140 valence electrons. The van der Waals surface area contributed by atoms with Crippen LogP contribution in [-0.4, -0.2) is 35.6 Å². The summed E-state index contributed by atoms with van der Waals surface area (Å²) in [5, 5.41) is 8.75. The van der Waals surface area contributed by atoms with Crippen molar-refractivity contribution < 1.29 is 4.74 Å². The fourth-order valence-electron chi connectivity index (χ4n) is 2.90. The van der Waals surface area contributed by atoms with Crippen LogP contribution in [0.1, 0.15) is 12.5 Å². The lowest BCUT2D eigenvalue weighted by atomic mass is 10.1. The summed E-state index contributed by atoms with van der Waals surface area (Å²) in [6, 6.07) is 15.0. The number of nitrogens with zero attached hydrogens (tertiary/aromatic N) is 2. The quantitative estimate of drug-likeness (QED) is 0.621. The first-order chi connectivity index (χ1) is 13.2. The van der Waals surface area contributed by atoms with Crippen molar-refractivity contribution in [3.8, 4) is 5.75 Å². The Hall–Kier alpha value is -2.25. The third-order valence-corrected chi connectivity index (χ3v) is 6.40. The number of amidine groups is 1. The van der Waals surface area contributed by atoms with Crippen molar-refractivity contribution in [1.29, 1.82) is 0 Å². The highest BCUT2D eigenvalue weighted by molar-refractivity contribution is 8.14. The number of thioether (sulfide) groups is 1. The second kappa shape index (κ2) is 8.19. The van der Waals surface area contributed by atoms with Gasteiger partial charge in [0.15, 0.2) is 10.3 Å². The molecule has 0 bridgehead atoms. The fraction of sp³-hybridized carbons (Fsp3) is 0.300. The lowest BCUT2D eigenvalue weighted by Crippen LogP contribution is -2.06. The summed E-state index contributed by atoms with van der Waals surface area (Å²) in [6.45, 7) is 2.98. The highest BCUT2D eigenvalue weighted by Gasteiger charge is 2.13. The van der Waals surface area contributed by atoms with E-state index in [4.69, 9.17) is 4.74 Å². The molecular formula is C20H22N4OS2. The standard InChI is InChI=1S/C20H22N4OS2/c1-13-12-26-20(22-13)23-15-8-6-14(7-9-15)10-11-21-19-24-18-16(25-2)4-3-5-17(18)27-19/h3-9,13H,10-12H2,1-2H3,(H,21,24)(H,22,23)/t13-/m1/s1. The molecule has 0 fully saturated rings. The summed E-state index contributed by atoms with van der Waals surface area (Å²) in [5.74, 6) is 1.88. The number of hydrogen-bond donors (Lipinski definition) is 2. The van der Waals surface area contributed by atoms with Gasteiger partial charge in [0.2, 0.25) is 0 Å². The van der Waals surface area contributed by atoms with E-state index < -0.39 is 0 Å². The van der Waals surface area contributed by atoms with E-state index in [1.54, 1.807) is 30.2 Å². The first-order valence-corrected chi connectivity index (χ1v) is 10.8. The molecule has 4 rings (SSSR count). The van der Waals surface area contributed by atoms with Crippen LogP contribution in [-0.2, 0) is 6.42 Å². The Morgan fingerprint density at radius 1 is 1.19 bits per heavy atom. The molecule has 0 spiro atoms. The average molecular weight is 399 g/mol. The summed E-state index contributed by atoms with van der Waals surface area (Å²) in [7, 11) is 1.68. The summed E-state index contributed by atoms with van der Waals surface area (Å²) < 4.78 is 6.51. The first kappa shape index (κ1) is 18.1. The third-order valence-electron chi connectivity index (χ3n) is 4.30. The molecule has 0 saturated heterocycles. The van der Waals surface area contributed by atoms with Crippen molar-refractivity contribution in [3.05, 3.63) is 48.0 Å². The summed E-state index contributed by atoms with van der Waals surface area (Å²) in [6.07, 6.45) is 0.945. The average Bonchev–Trinajstić information content (AvgIpc) is 3.28. The highest BCUT2D eigenvalue weighted by atomic mass is 32.2. The minimum absolute atomic E-state index is 0.408. The van der Waals surface area contributed by atoms with Crippen LogP contribution in [0, 0.1) is 0 Å². The minimum Gasteiger partial charge on any atom is -0.494 e. The summed E-state index contributed by atoms with van der Waals surface area (Å²) in [4.78, 5) is 9.21. The number of ether oxygens (including phenoxy) is 1. The topological polar surface area (TPSA) is 58.5 Å². The van der Waals surface area contributed by atoms with Crippen LogP contribution in [0.4, 0.5) is 10.8 Å². The number of anilines is 2. The Morgan fingerprint density at radius 3 is 2.78 bits per heavy atom. The zero-order chi connectivity index (χ0) is 18.6. The van der Waals surface area contributed by atoms with Crippen LogP contribution in [0.2, 0.25) is 0 Å². The number of thiazole rings is 1. The Kier molecular flexibility index (Phi) is 5.50. The Bertz CT molecular complexity index is 952. The number of nitrogens with one attached hydrogen (secondary N) is 2. The number of aromatic nitrogens is 1. The van der Waals surface area contributed by atoms with Gasteiger partial charge < -0.3 is 15.4 Å². The number of methoxy groups -OCH3 is 1. The van der Waals surface area contributed by atoms with Gasteiger partial charge in [-0.3, -0.25) is 4.99 Å². The molecule has 3 aromatic rings. The molecule has 5 nitrogen and oxygen atoms in total. The van der Waals surface area contributed by atoms with Crippen molar-refractivity contribution in [2.75, 3.05) is 30.0 Å². The van der Waals surface area contributed by atoms with Gasteiger partial charge in [0.1, 0.15) is 11.3 Å². The van der Waals surface area contributed by atoms with Crippen LogP contribution in [0.5, 0.6) is 5.75 Å². The van der Waals surface area contributed by atoms with E-state index >= 15 is 0 Å². The largest absolute Gasteiger partial charge is 0.494 e. The molecule has 0 unspecified atom stereocenters. The van der Waals surface area contributed by atoms with Crippen LogP contribution in [0.25, 0.3) is 10.2 Å². The van der Waals surface area contributed by atoms with Crippen molar-refractivity contribution in [2.24, 2.45) is 4.99 Å². The van der Waals surface area contributed by atoms with Gasteiger partial charge in [-0.25, -0.2) is 4.98 Å². The van der Waals surface area contributed by atoms with Gasteiger partial charge >= 0.3 is 0 Å². The van der Waals surface area contributed by atoms with Crippen LogP contribution in [0.15, 0.2) is 47.5 Å². The maximum atomic E-state index is 5.38. The molecule has 0 amide bonds. The second-order valence-electron chi connectivity index (χ2n) is 6.42. The van der Waals surface area contributed by atoms with Crippen molar-refractivity contribution in [2.45, 2.75) is 19.4 Å². The number of rotatable bonds is 6. The van der Waals surface area contributed by atoms with Crippen LogP contribution in [0.3, 0.4) is 0 Å². The van der Waals surface area contributed by atoms with Gasteiger partial charge in [-0.1, -0.05) is 41.3 Å². The predicted octanol–water partition coefficient (Wildman–Crippen LogP) is 4.86. The molecule has 0 radical (unpaired) electrons. The van der Waals surface area contributed by atoms with Gasteiger partial charge in [0.05, 0.1) is 17.9 Å². The van der Waals surface area contributed by atoms with Crippen molar-refractivity contribution in [1.82, 2.24) is 4.98 Å². The smallest absolute Gasteiger partial charge is 0.183 e. The van der Waals surface area contributed by atoms with Gasteiger partial charge in [0, 0.05) is 18.0 Å². The van der Waals surface area contributed by atoms with E-state index in [1.807, 2.05) is 12.1 Å². The Morgan fingerprint density at radius 2 is 2.04 bits per heavy atom. The van der Waals surface area contributed by atoms with Gasteiger partial charge in [0.25, 0.3) is 0 Å². The van der Waals surface area contributed by atoms with E-state index in [0.717, 1.165) is 50.7 Å². The lowest BCUT2D eigenvalue weighted by molar-refractivity contribution is 0.419. The zero-order valence-corrected chi connectivity index (χ0v) is 17.0. The normalized spacial score (nSPS) is 16.4. The molecule has 0 aliphatic carbocycles. The van der Waals surface area contributed by atoms with E-state index in [0.29, 0.717) is 6.04 Å². The van der Waals surface area contributed by atoms with Crippen molar-refractivity contribution >= 4 is 49.3 Å². The van der Waals surface area contributed by atoms with Gasteiger partial charge in [-0.05, 0) is 43.2 Å². The van der Waals surface area contributed by atoms with E-state index in [-0.39, 0.29) is 0 Å². The maximum absolute atomic E-state index is 5.38. The van der Waals surface area contributed by atoms with Crippen molar-refractivity contribution in [3.63, 3.8) is 0 Å². The number of hydrogen-bond acceptors (Lipinski definition) is 7. The zero-order valence-electron chi connectivity index (χ0n) is 15.4. The molecule has 27 heavy (non-hydrogen) atoms. The SMILES string of the molecule is COc1cccc2sc(NCCc3ccc(NC4=N[C@H](C)CS4)cc3)nc12. The molecular weight excluding hydrogens is 376 g/mol. The van der Waals surface area contributed by atoms with Crippen LogP contribution >= 0.6 is 23.1 Å². The molecule has 2 aromatic carbocycles. The predicted molar refractivity (Wildman–Crippen MR) is 118 cm³/mol. The molecule has 1 atom stereocenters. The summed E-state index contributed by atoms with van der Waals surface area (Å²) in [5.41, 5.74) is 3.30. The van der Waals surface area contributed by atoms with Gasteiger partial charge in [-0.2, -0.15) is 0 Å². The molecule has 1 aliphatic heterocycles. The third kappa shape index (κ3) is 4.36. The Balaban J connectivity index is 1.32. The summed E-state index contributed by atoms with van der Waals surface area (Å²) >= 11 is 3.43. The Labute approximate surface area is 167 Å². The molecule has 1 aliphatic rings. The number of benzene rings is 2. The van der Waals surface area contributed by atoms with E-state index in [9.17, 15) is 0 Å². The molecule has 2 heterocycles. The lowest BCUT2D eigenvalue weighted by Gasteiger charge is -2.07. The minimum atomic E-state index is 0.408. The van der Waals surface area contributed by atoms with Crippen LogP contribution < -0.4 is 15.4 Å².